The topological polar surface area (TPSA) is 26.3 Å². The van der Waals surface area contributed by atoms with E-state index in [0.717, 1.165) is 18.5 Å². The van der Waals surface area contributed by atoms with Crippen LogP contribution in [-0.2, 0) is 9.53 Å². The molecule has 12 heavy (non-hydrogen) atoms. The summed E-state index contributed by atoms with van der Waals surface area (Å²) in [6.07, 6.45) is 3.28. The summed E-state index contributed by atoms with van der Waals surface area (Å²) in [5.74, 6) is 2.69. The van der Waals surface area contributed by atoms with E-state index in [9.17, 15) is 4.79 Å². The molecule has 1 saturated heterocycles. The van der Waals surface area contributed by atoms with Crippen LogP contribution in [0.25, 0.3) is 0 Å². The van der Waals surface area contributed by atoms with Crippen molar-refractivity contribution in [1.82, 2.24) is 0 Å². The van der Waals surface area contributed by atoms with Crippen molar-refractivity contribution in [3.05, 3.63) is 0 Å². The Morgan fingerprint density at radius 3 is 2.83 bits per heavy atom. The maximum Gasteiger partial charge on any atom is 0.151 e. The second kappa shape index (κ2) is 4.28. The molecule has 0 N–H and O–H groups in total. The first-order chi connectivity index (χ1) is 5.73. The van der Waals surface area contributed by atoms with E-state index in [0.29, 0.717) is 5.92 Å². The molecule has 0 spiro atoms. The van der Waals surface area contributed by atoms with Crippen molar-refractivity contribution in [2.75, 3.05) is 18.6 Å². The fourth-order valence-electron chi connectivity index (χ4n) is 1.50. The lowest BCUT2D eigenvalue weighted by atomic mass is 9.88. The Morgan fingerprint density at radius 1 is 1.67 bits per heavy atom. The molecule has 2 nitrogen and oxygen atoms in total. The van der Waals surface area contributed by atoms with Crippen LogP contribution in [0.5, 0.6) is 0 Å². The van der Waals surface area contributed by atoms with Gasteiger partial charge in [-0.2, -0.15) is 11.8 Å². The molecule has 0 amide bonds. The zero-order valence-electron chi connectivity index (χ0n) is 7.71. The number of aldehydes is 1. The Kier molecular flexibility index (Phi) is 3.59. The Bertz CT molecular complexity index is 155. The standard InChI is InChI=1S/C9H16O2S/c1-9(7-10,11-2)8-4-3-5-12-6-8/h7-8H,3-6H2,1-2H3. The van der Waals surface area contributed by atoms with Crippen molar-refractivity contribution >= 4 is 18.0 Å². The van der Waals surface area contributed by atoms with Gasteiger partial charge in [0.25, 0.3) is 0 Å². The minimum atomic E-state index is -0.548. The lowest BCUT2D eigenvalue weighted by molar-refractivity contribution is -0.131. The number of methoxy groups -OCH3 is 1. The fourth-order valence-corrected chi connectivity index (χ4v) is 2.82. The van der Waals surface area contributed by atoms with Crippen LogP contribution in [0.15, 0.2) is 0 Å². The maximum absolute atomic E-state index is 10.8. The molecule has 1 aliphatic heterocycles. The summed E-state index contributed by atoms with van der Waals surface area (Å²) < 4.78 is 5.25. The summed E-state index contributed by atoms with van der Waals surface area (Å²) >= 11 is 1.92. The van der Waals surface area contributed by atoms with E-state index in [1.807, 2.05) is 18.7 Å². The molecule has 0 aliphatic carbocycles. The summed E-state index contributed by atoms with van der Waals surface area (Å²) in [6, 6.07) is 0. The smallest absolute Gasteiger partial charge is 0.151 e. The van der Waals surface area contributed by atoms with E-state index in [4.69, 9.17) is 4.74 Å². The van der Waals surface area contributed by atoms with Crippen LogP contribution < -0.4 is 0 Å². The molecule has 0 radical (unpaired) electrons. The normalized spacial score (nSPS) is 29.3. The number of ether oxygens (including phenoxy) is 1. The minimum absolute atomic E-state index is 0.402. The highest BCUT2D eigenvalue weighted by Crippen LogP contribution is 2.31. The molecule has 0 aromatic carbocycles. The molecule has 2 atom stereocenters. The molecular weight excluding hydrogens is 172 g/mol. The molecule has 3 heteroatoms. The van der Waals surface area contributed by atoms with Crippen molar-refractivity contribution < 1.29 is 9.53 Å². The maximum atomic E-state index is 10.8. The number of thioether (sulfide) groups is 1. The van der Waals surface area contributed by atoms with Gasteiger partial charge in [0.15, 0.2) is 6.29 Å². The molecule has 1 fully saturated rings. The van der Waals surface area contributed by atoms with Crippen molar-refractivity contribution in [2.24, 2.45) is 5.92 Å². The molecule has 0 aromatic rings. The van der Waals surface area contributed by atoms with E-state index in [1.54, 1.807) is 7.11 Å². The third-order valence-corrected chi connectivity index (χ3v) is 3.86. The monoisotopic (exact) mass is 188 g/mol. The van der Waals surface area contributed by atoms with Gasteiger partial charge in [-0.3, -0.25) is 0 Å². The van der Waals surface area contributed by atoms with Crippen molar-refractivity contribution in [1.29, 1.82) is 0 Å². The van der Waals surface area contributed by atoms with Crippen LogP contribution in [-0.4, -0.2) is 30.5 Å². The van der Waals surface area contributed by atoms with Gasteiger partial charge >= 0.3 is 0 Å². The first-order valence-electron chi connectivity index (χ1n) is 4.32. The van der Waals surface area contributed by atoms with Gasteiger partial charge in [-0.15, -0.1) is 0 Å². The lowest BCUT2D eigenvalue weighted by Crippen LogP contribution is -2.41. The quantitative estimate of drug-likeness (QED) is 0.631. The van der Waals surface area contributed by atoms with Gasteiger partial charge in [0.1, 0.15) is 5.60 Å². The second-order valence-corrected chi connectivity index (χ2v) is 4.57. The molecule has 0 saturated carbocycles. The zero-order valence-corrected chi connectivity index (χ0v) is 8.52. The van der Waals surface area contributed by atoms with E-state index < -0.39 is 5.60 Å². The average molecular weight is 188 g/mol. The van der Waals surface area contributed by atoms with Crippen LogP contribution in [0.1, 0.15) is 19.8 Å². The molecule has 70 valence electrons. The second-order valence-electron chi connectivity index (χ2n) is 3.42. The summed E-state index contributed by atoms with van der Waals surface area (Å²) in [4.78, 5) is 10.8. The minimum Gasteiger partial charge on any atom is -0.371 e. The number of hydrogen-bond donors (Lipinski definition) is 0. The van der Waals surface area contributed by atoms with Crippen LogP contribution in [0, 0.1) is 5.92 Å². The Balaban J connectivity index is 2.57. The van der Waals surface area contributed by atoms with Gasteiger partial charge in [0, 0.05) is 13.0 Å². The van der Waals surface area contributed by atoms with Gasteiger partial charge < -0.3 is 9.53 Å². The lowest BCUT2D eigenvalue weighted by Gasteiger charge is -2.33. The first kappa shape index (κ1) is 10.1. The average Bonchev–Trinajstić information content (AvgIpc) is 2.18. The van der Waals surface area contributed by atoms with E-state index >= 15 is 0 Å². The van der Waals surface area contributed by atoms with Gasteiger partial charge in [0.05, 0.1) is 0 Å². The van der Waals surface area contributed by atoms with Crippen LogP contribution in [0.3, 0.4) is 0 Å². The van der Waals surface area contributed by atoms with E-state index in [-0.39, 0.29) is 0 Å². The highest BCUT2D eigenvalue weighted by molar-refractivity contribution is 7.99. The summed E-state index contributed by atoms with van der Waals surface area (Å²) in [5, 5.41) is 0. The SMILES string of the molecule is COC(C)(C=O)C1CCCSC1. The summed E-state index contributed by atoms with van der Waals surface area (Å²) in [7, 11) is 1.62. The highest BCUT2D eigenvalue weighted by atomic mass is 32.2. The van der Waals surface area contributed by atoms with Crippen molar-refractivity contribution in [2.45, 2.75) is 25.4 Å². The van der Waals surface area contributed by atoms with E-state index in [2.05, 4.69) is 0 Å². The summed E-state index contributed by atoms with van der Waals surface area (Å²) in [6.45, 7) is 1.89. The molecule has 2 unspecified atom stereocenters. The largest absolute Gasteiger partial charge is 0.371 e. The number of hydrogen-bond acceptors (Lipinski definition) is 3. The zero-order chi connectivity index (χ0) is 9.03. The van der Waals surface area contributed by atoms with Gasteiger partial charge in [-0.05, 0) is 31.3 Å². The van der Waals surface area contributed by atoms with Crippen LogP contribution in [0.2, 0.25) is 0 Å². The van der Waals surface area contributed by atoms with Crippen molar-refractivity contribution in [3.8, 4) is 0 Å². The molecule has 1 rings (SSSR count). The van der Waals surface area contributed by atoms with Gasteiger partial charge in [0.2, 0.25) is 0 Å². The Morgan fingerprint density at radius 2 is 2.42 bits per heavy atom. The first-order valence-corrected chi connectivity index (χ1v) is 5.47. The molecule has 1 heterocycles. The molecule has 0 aromatic heterocycles. The summed E-state index contributed by atoms with van der Waals surface area (Å²) in [5.41, 5.74) is -0.548. The predicted octanol–water partition coefficient (Wildman–Crippen LogP) is 1.73. The van der Waals surface area contributed by atoms with Crippen LogP contribution in [0.4, 0.5) is 0 Å². The van der Waals surface area contributed by atoms with E-state index in [1.165, 1.54) is 12.2 Å². The third kappa shape index (κ3) is 2.02. The molecule has 0 bridgehead atoms. The molecule has 1 aliphatic rings. The number of carbonyl (C=O) groups excluding carboxylic acids is 1. The van der Waals surface area contributed by atoms with Crippen molar-refractivity contribution in [3.63, 3.8) is 0 Å². The molecular formula is C9H16O2S. The third-order valence-electron chi connectivity index (χ3n) is 2.64. The fraction of sp³-hybridized carbons (Fsp3) is 0.889. The van der Waals surface area contributed by atoms with Crippen LogP contribution >= 0.6 is 11.8 Å². The van der Waals surface area contributed by atoms with Gasteiger partial charge in [-0.25, -0.2) is 0 Å². The Hall–Kier alpha value is -0.0200. The highest BCUT2D eigenvalue weighted by Gasteiger charge is 2.34. The van der Waals surface area contributed by atoms with Gasteiger partial charge in [-0.1, -0.05) is 0 Å². The Labute approximate surface area is 78.1 Å². The number of carbonyl (C=O) groups is 1. The predicted molar refractivity (Wildman–Crippen MR) is 51.5 cm³/mol. The number of rotatable bonds is 3.